The van der Waals surface area contributed by atoms with Crippen LogP contribution < -0.4 is 15.0 Å². The van der Waals surface area contributed by atoms with Crippen molar-refractivity contribution < 1.29 is 18.7 Å². The average molecular weight is 743 g/mol. The summed E-state index contributed by atoms with van der Waals surface area (Å²) < 4.78 is 27.8. The number of benzene rings is 6. The first-order valence-corrected chi connectivity index (χ1v) is 20.0. The van der Waals surface area contributed by atoms with Gasteiger partial charge in [-0.3, -0.25) is 4.79 Å². The van der Waals surface area contributed by atoms with Crippen molar-refractivity contribution in [2.45, 2.75) is 57.5 Å². The summed E-state index contributed by atoms with van der Waals surface area (Å²) in [4.78, 5) is 14.8. The molecular formula is C50H47FN2O3. The molecule has 3 aliphatic rings. The van der Waals surface area contributed by atoms with Crippen LogP contribution in [0.3, 0.4) is 0 Å². The Morgan fingerprint density at radius 2 is 1.48 bits per heavy atom. The zero-order valence-corrected chi connectivity index (χ0v) is 32.3. The molecule has 0 aromatic heterocycles. The third kappa shape index (κ3) is 5.90. The normalized spacial score (nSPS) is 17.9. The van der Waals surface area contributed by atoms with Gasteiger partial charge < -0.3 is 19.7 Å². The number of hydrogen-bond donors (Lipinski definition) is 1. The van der Waals surface area contributed by atoms with Gasteiger partial charge in [-0.05, 0) is 106 Å². The largest absolute Gasteiger partial charge is 0.472 e. The van der Waals surface area contributed by atoms with Crippen molar-refractivity contribution in [1.82, 2.24) is 0 Å². The molecule has 1 aliphatic carbocycles. The maximum Gasteiger partial charge on any atom is 0.221 e. The Morgan fingerprint density at radius 3 is 2.16 bits per heavy atom. The number of hydrogen-bond acceptors (Lipinski definition) is 4. The number of amides is 1. The van der Waals surface area contributed by atoms with Gasteiger partial charge in [-0.15, -0.1) is 0 Å². The highest BCUT2D eigenvalue weighted by molar-refractivity contribution is 6.10. The highest BCUT2D eigenvalue weighted by Gasteiger charge is 2.48. The van der Waals surface area contributed by atoms with Crippen molar-refractivity contribution in [1.29, 1.82) is 0 Å². The second kappa shape index (κ2) is 14.4. The number of nitrogens with zero attached hydrogens (tertiary/aromatic N) is 1. The highest BCUT2D eigenvalue weighted by atomic mass is 19.1. The molecule has 6 heteroatoms. The van der Waals surface area contributed by atoms with E-state index in [0.29, 0.717) is 13.2 Å². The first kappa shape index (κ1) is 35.9. The number of carbonyl (C=O) groups is 1. The van der Waals surface area contributed by atoms with Crippen molar-refractivity contribution in [2.75, 3.05) is 36.5 Å². The van der Waals surface area contributed by atoms with Gasteiger partial charge in [-0.1, -0.05) is 99.5 Å². The molecule has 0 spiro atoms. The molecule has 282 valence electrons. The van der Waals surface area contributed by atoms with E-state index in [1.54, 1.807) is 6.92 Å². The van der Waals surface area contributed by atoms with E-state index in [9.17, 15) is 9.18 Å². The summed E-state index contributed by atoms with van der Waals surface area (Å²) >= 11 is 0. The number of nitrogens with one attached hydrogen (secondary N) is 1. The Kier molecular flexibility index (Phi) is 9.25. The van der Waals surface area contributed by atoms with Crippen LogP contribution in [0.4, 0.5) is 15.8 Å². The molecule has 9 rings (SSSR count). The second-order valence-electron chi connectivity index (χ2n) is 15.5. The maximum absolute atomic E-state index is 14.6. The van der Waals surface area contributed by atoms with Gasteiger partial charge in [-0.25, -0.2) is 4.39 Å². The molecule has 0 radical (unpaired) electrons. The summed E-state index contributed by atoms with van der Waals surface area (Å²) in [5, 5.41) is 5.07. The van der Waals surface area contributed by atoms with Crippen molar-refractivity contribution in [3.05, 3.63) is 155 Å². The summed E-state index contributed by atoms with van der Waals surface area (Å²) in [5.41, 5.74) is 10.9. The minimum Gasteiger partial charge on any atom is -0.472 e. The summed E-state index contributed by atoms with van der Waals surface area (Å²) in [6.07, 6.45) is 8.43. The SMILES string of the molecule is CCCC1(CCC)c2cc(-c3ccccc3)ccc2-c2c1c1c(c3ccc(NC(C)=O)cc23)OC(c2ccc(F)cc2)(c2ccc(N3CCOCC3)cc2)C=C1. The lowest BCUT2D eigenvalue weighted by atomic mass is 9.69. The highest BCUT2D eigenvalue weighted by Crippen LogP contribution is 2.61. The van der Waals surface area contributed by atoms with Gasteiger partial charge in [0.1, 0.15) is 11.6 Å². The van der Waals surface area contributed by atoms with E-state index in [1.807, 2.05) is 18.2 Å². The molecule has 1 atom stereocenters. The van der Waals surface area contributed by atoms with Crippen LogP contribution >= 0.6 is 0 Å². The molecular weight excluding hydrogens is 696 g/mol. The quantitative estimate of drug-likeness (QED) is 0.160. The van der Waals surface area contributed by atoms with E-state index in [2.05, 4.69) is 121 Å². The molecule has 5 nitrogen and oxygen atoms in total. The van der Waals surface area contributed by atoms with Crippen LogP contribution in [-0.2, 0) is 20.5 Å². The van der Waals surface area contributed by atoms with E-state index in [1.165, 1.54) is 45.5 Å². The molecule has 1 unspecified atom stereocenters. The number of morpholine rings is 1. The van der Waals surface area contributed by atoms with Crippen molar-refractivity contribution in [2.24, 2.45) is 0 Å². The zero-order chi connectivity index (χ0) is 38.4. The monoisotopic (exact) mass is 742 g/mol. The number of anilines is 2. The lowest BCUT2D eigenvalue weighted by Crippen LogP contribution is -2.37. The van der Waals surface area contributed by atoms with Crippen LogP contribution in [0, 0.1) is 5.82 Å². The predicted octanol–water partition coefficient (Wildman–Crippen LogP) is 11.7. The molecule has 6 aromatic rings. The summed E-state index contributed by atoms with van der Waals surface area (Å²) in [6.45, 7) is 9.22. The minimum absolute atomic E-state index is 0.117. The number of fused-ring (bicyclic) bond motifs is 8. The molecule has 56 heavy (non-hydrogen) atoms. The topological polar surface area (TPSA) is 50.8 Å². The molecule has 1 saturated heterocycles. The van der Waals surface area contributed by atoms with Crippen LogP contribution in [0.2, 0.25) is 0 Å². The standard InChI is InChI=1S/C50H47FN2O3/c1-4-24-49(25-5-2)45-31-35(34-9-7-6-8-10-34)11-21-42(45)46-44-32-39(52-33(3)54)18-22-41(44)48-43(47(46)49)23-26-50(56-48,36-12-16-38(51)17-13-36)37-14-19-40(20-15-37)53-27-29-55-30-28-53/h6-23,26,31-32H,4-5,24-25,27-30H2,1-3H3,(H,52,54). The van der Waals surface area contributed by atoms with Gasteiger partial charge in [0.05, 0.1) is 13.2 Å². The van der Waals surface area contributed by atoms with Crippen LogP contribution in [0.25, 0.3) is 39.1 Å². The van der Waals surface area contributed by atoms with Gasteiger partial charge in [0.2, 0.25) is 5.91 Å². The van der Waals surface area contributed by atoms with Crippen molar-refractivity contribution >= 4 is 34.1 Å². The summed E-state index contributed by atoms with van der Waals surface area (Å²) in [5.74, 6) is 0.384. The Balaban J connectivity index is 1.31. The van der Waals surface area contributed by atoms with Crippen molar-refractivity contribution in [3.8, 4) is 28.0 Å². The first-order chi connectivity index (χ1) is 27.3. The molecule has 2 heterocycles. The summed E-state index contributed by atoms with van der Waals surface area (Å²) in [6, 6.07) is 39.1. The number of halogens is 1. The van der Waals surface area contributed by atoms with Gasteiger partial charge in [0.25, 0.3) is 0 Å². The second-order valence-corrected chi connectivity index (χ2v) is 15.5. The van der Waals surface area contributed by atoms with E-state index >= 15 is 0 Å². The third-order valence-corrected chi connectivity index (χ3v) is 12.1. The number of ether oxygens (including phenoxy) is 2. The fourth-order valence-corrected chi connectivity index (χ4v) is 9.72. The molecule has 1 fully saturated rings. The molecule has 1 N–H and O–H groups in total. The van der Waals surface area contributed by atoms with Crippen LogP contribution in [-0.4, -0.2) is 32.2 Å². The van der Waals surface area contributed by atoms with E-state index in [0.717, 1.165) is 83.4 Å². The Labute approximate surface area is 328 Å². The van der Waals surface area contributed by atoms with Crippen molar-refractivity contribution in [3.63, 3.8) is 0 Å². The van der Waals surface area contributed by atoms with Gasteiger partial charge >= 0.3 is 0 Å². The van der Waals surface area contributed by atoms with Crippen LogP contribution in [0.1, 0.15) is 74.3 Å². The van der Waals surface area contributed by atoms with Crippen LogP contribution in [0.15, 0.2) is 121 Å². The Hall–Kier alpha value is -5.72. The fraction of sp³-hybridized carbons (Fsp3) is 0.260. The molecule has 0 bridgehead atoms. The predicted molar refractivity (Wildman–Crippen MR) is 226 cm³/mol. The lowest BCUT2D eigenvalue weighted by Gasteiger charge is -2.40. The Bertz CT molecular complexity index is 2460. The number of carbonyl (C=O) groups excluding carboxylic acids is 1. The lowest BCUT2D eigenvalue weighted by molar-refractivity contribution is -0.114. The molecule has 6 aromatic carbocycles. The minimum atomic E-state index is -1.04. The first-order valence-electron chi connectivity index (χ1n) is 20.0. The van der Waals surface area contributed by atoms with Crippen LogP contribution in [0.5, 0.6) is 5.75 Å². The third-order valence-electron chi connectivity index (χ3n) is 12.1. The maximum atomic E-state index is 14.6. The molecule has 2 aliphatic heterocycles. The average Bonchev–Trinajstić information content (AvgIpc) is 3.51. The number of rotatable bonds is 9. The van der Waals surface area contributed by atoms with Gasteiger partial charge in [-0.2, -0.15) is 0 Å². The fourth-order valence-electron chi connectivity index (χ4n) is 9.72. The van der Waals surface area contributed by atoms with E-state index in [-0.39, 0.29) is 17.1 Å². The smallest absolute Gasteiger partial charge is 0.221 e. The van der Waals surface area contributed by atoms with E-state index in [4.69, 9.17) is 9.47 Å². The van der Waals surface area contributed by atoms with Gasteiger partial charge in [0, 0.05) is 58.9 Å². The molecule has 1 amide bonds. The Morgan fingerprint density at radius 1 is 0.786 bits per heavy atom. The molecule has 0 saturated carbocycles. The van der Waals surface area contributed by atoms with E-state index < -0.39 is 5.60 Å². The summed E-state index contributed by atoms with van der Waals surface area (Å²) in [7, 11) is 0. The van der Waals surface area contributed by atoms with Gasteiger partial charge in [0.15, 0.2) is 5.60 Å². The zero-order valence-electron chi connectivity index (χ0n) is 32.3.